The summed E-state index contributed by atoms with van der Waals surface area (Å²) in [5, 5.41) is 9.51. The third-order valence-electron chi connectivity index (χ3n) is 4.09. The molecule has 1 aromatic carbocycles. The van der Waals surface area contributed by atoms with Crippen LogP contribution in [0.3, 0.4) is 0 Å². The lowest BCUT2D eigenvalue weighted by molar-refractivity contribution is -0.188. The molecule has 1 heterocycles. The molecule has 1 aliphatic rings. The number of amides is 1. The van der Waals surface area contributed by atoms with E-state index in [2.05, 4.69) is 0 Å². The number of benzene rings is 1. The third kappa shape index (κ3) is 3.40. The molecule has 22 heavy (non-hydrogen) atoms. The van der Waals surface area contributed by atoms with Crippen LogP contribution >= 0.6 is 0 Å². The summed E-state index contributed by atoms with van der Waals surface area (Å²) in [4.78, 5) is 23.5. The molecule has 0 aromatic heterocycles. The molecule has 0 aliphatic carbocycles. The fourth-order valence-electron chi connectivity index (χ4n) is 2.77. The SMILES string of the molecule is O=C(N1CCC(Cc2ccccc2)(C(=O)O)CC1)C(F)(F)F. The fourth-order valence-corrected chi connectivity index (χ4v) is 2.77. The lowest BCUT2D eigenvalue weighted by Crippen LogP contribution is -2.50. The Morgan fingerprint density at radius 3 is 2.14 bits per heavy atom. The molecule has 1 N–H and O–H groups in total. The molecule has 0 radical (unpaired) electrons. The number of carboxylic acids is 1. The molecule has 2 rings (SSSR count). The first-order chi connectivity index (χ1) is 10.2. The molecule has 7 heteroatoms. The molecule has 1 aromatic rings. The number of carboxylic acid groups (broad SMARTS) is 1. The molecular formula is C15H16F3NO3. The van der Waals surface area contributed by atoms with Gasteiger partial charge in [-0.3, -0.25) is 9.59 Å². The van der Waals surface area contributed by atoms with Crippen molar-refractivity contribution in [2.45, 2.75) is 25.4 Å². The first-order valence-corrected chi connectivity index (χ1v) is 6.88. The van der Waals surface area contributed by atoms with Crippen molar-refractivity contribution < 1.29 is 27.9 Å². The van der Waals surface area contributed by atoms with Gasteiger partial charge in [0.15, 0.2) is 0 Å². The summed E-state index contributed by atoms with van der Waals surface area (Å²) >= 11 is 0. The van der Waals surface area contributed by atoms with Crippen molar-refractivity contribution in [1.82, 2.24) is 4.90 Å². The summed E-state index contributed by atoms with van der Waals surface area (Å²) in [6.45, 7) is -0.394. The number of hydrogen-bond donors (Lipinski definition) is 1. The summed E-state index contributed by atoms with van der Waals surface area (Å²) in [6, 6.07) is 8.96. The molecule has 0 bridgehead atoms. The van der Waals surface area contributed by atoms with Gasteiger partial charge in [0.1, 0.15) is 0 Å². The van der Waals surface area contributed by atoms with E-state index >= 15 is 0 Å². The van der Waals surface area contributed by atoms with E-state index in [0.29, 0.717) is 4.90 Å². The minimum absolute atomic E-state index is 0.0129. The van der Waals surface area contributed by atoms with E-state index in [1.54, 1.807) is 24.3 Å². The maximum absolute atomic E-state index is 12.4. The number of rotatable bonds is 3. The quantitative estimate of drug-likeness (QED) is 0.932. The van der Waals surface area contributed by atoms with Gasteiger partial charge in [-0.2, -0.15) is 13.2 Å². The van der Waals surface area contributed by atoms with Crippen molar-refractivity contribution in [2.75, 3.05) is 13.1 Å². The van der Waals surface area contributed by atoms with Crippen molar-refractivity contribution >= 4 is 11.9 Å². The van der Waals surface area contributed by atoms with E-state index < -0.39 is 23.5 Å². The number of likely N-dealkylation sites (tertiary alicyclic amines) is 1. The van der Waals surface area contributed by atoms with Crippen molar-refractivity contribution in [3.63, 3.8) is 0 Å². The van der Waals surface area contributed by atoms with Gasteiger partial charge < -0.3 is 10.0 Å². The largest absolute Gasteiger partial charge is 0.481 e. The highest BCUT2D eigenvalue weighted by molar-refractivity contribution is 5.82. The highest BCUT2D eigenvalue weighted by atomic mass is 19.4. The van der Waals surface area contributed by atoms with Gasteiger partial charge in [0.25, 0.3) is 0 Å². The number of nitrogens with zero attached hydrogens (tertiary/aromatic N) is 1. The molecule has 1 saturated heterocycles. The Hall–Kier alpha value is -2.05. The van der Waals surface area contributed by atoms with Gasteiger partial charge in [-0.25, -0.2) is 0 Å². The zero-order valence-electron chi connectivity index (χ0n) is 11.8. The van der Waals surface area contributed by atoms with E-state index in [-0.39, 0.29) is 32.4 Å². The van der Waals surface area contributed by atoms with E-state index in [9.17, 15) is 27.9 Å². The van der Waals surface area contributed by atoms with Gasteiger partial charge in [-0.05, 0) is 24.8 Å². The normalized spacial score (nSPS) is 18.0. The van der Waals surface area contributed by atoms with Crippen LogP contribution in [0.4, 0.5) is 13.2 Å². The first-order valence-electron chi connectivity index (χ1n) is 6.88. The van der Waals surface area contributed by atoms with Gasteiger partial charge in [0, 0.05) is 13.1 Å². The van der Waals surface area contributed by atoms with Crippen molar-refractivity contribution in [1.29, 1.82) is 0 Å². The van der Waals surface area contributed by atoms with Crippen molar-refractivity contribution in [3.05, 3.63) is 35.9 Å². The molecule has 0 spiro atoms. The van der Waals surface area contributed by atoms with Crippen LogP contribution in [0.1, 0.15) is 18.4 Å². The fraction of sp³-hybridized carbons (Fsp3) is 0.467. The summed E-state index contributed by atoms with van der Waals surface area (Å²) in [7, 11) is 0. The van der Waals surface area contributed by atoms with E-state index in [1.807, 2.05) is 6.07 Å². The van der Waals surface area contributed by atoms with Gasteiger partial charge in [-0.1, -0.05) is 30.3 Å². The molecular weight excluding hydrogens is 299 g/mol. The number of alkyl halides is 3. The van der Waals surface area contributed by atoms with Gasteiger partial charge in [0.05, 0.1) is 5.41 Å². The zero-order chi connectivity index (χ0) is 16.4. The van der Waals surface area contributed by atoms with E-state index in [4.69, 9.17) is 0 Å². The predicted octanol–water partition coefficient (Wildman–Crippen LogP) is 2.48. The number of carbonyl (C=O) groups is 2. The number of carbonyl (C=O) groups excluding carboxylic acids is 1. The van der Waals surface area contributed by atoms with Crippen LogP contribution in [0.25, 0.3) is 0 Å². The Kier molecular flexibility index (Phi) is 4.44. The minimum Gasteiger partial charge on any atom is -0.481 e. The molecule has 1 aliphatic heterocycles. The third-order valence-corrected chi connectivity index (χ3v) is 4.09. The average molecular weight is 315 g/mol. The maximum Gasteiger partial charge on any atom is 0.471 e. The molecule has 0 saturated carbocycles. The average Bonchev–Trinajstić information content (AvgIpc) is 2.47. The Morgan fingerprint density at radius 2 is 1.68 bits per heavy atom. The van der Waals surface area contributed by atoms with Crippen LogP contribution in [0.2, 0.25) is 0 Å². The number of piperidine rings is 1. The molecule has 1 fully saturated rings. The Balaban J connectivity index is 2.10. The van der Waals surface area contributed by atoms with Gasteiger partial charge >= 0.3 is 18.1 Å². The Morgan fingerprint density at radius 1 is 1.14 bits per heavy atom. The second-order valence-corrected chi connectivity index (χ2v) is 5.54. The van der Waals surface area contributed by atoms with Gasteiger partial charge in [-0.15, -0.1) is 0 Å². The highest BCUT2D eigenvalue weighted by Crippen LogP contribution is 2.36. The maximum atomic E-state index is 12.4. The van der Waals surface area contributed by atoms with E-state index in [0.717, 1.165) is 5.56 Å². The molecule has 4 nitrogen and oxygen atoms in total. The number of halogens is 3. The van der Waals surface area contributed by atoms with Crippen LogP contribution in [0.15, 0.2) is 30.3 Å². The summed E-state index contributed by atoms with van der Waals surface area (Å²) < 4.78 is 37.3. The topological polar surface area (TPSA) is 57.6 Å². The zero-order valence-corrected chi connectivity index (χ0v) is 11.8. The molecule has 1 amide bonds. The van der Waals surface area contributed by atoms with E-state index in [1.165, 1.54) is 0 Å². The van der Waals surface area contributed by atoms with Crippen LogP contribution < -0.4 is 0 Å². The molecule has 0 atom stereocenters. The lowest BCUT2D eigenvalue weighted by Gasteiger charge is -2.39. The molecule has 120 valence electrons. The minimum atomic E-state index is -4.91. The smallest absolute Gasteiger partial charge is 0.471 e. The first kappa shape index (κ1) is 16.3. The summed E-state index contributed by atoms with van der Waals surface area (Å²) in [5.74, 6) is -2.93. The summed E-state index contributed by atoms with van der Waals surface area (Å²) in [5.41, 5.74) is -0.301. The van der Waals surface area contributed by atoms with Crippen LogP contribution in [-0.4, -0.2) is 41.1 Å². The highest BCUT2D eigenvalue weighted by Gasteiger charge is 2.47. The summed E-state index contributed by atoms with van der Waals surface area (Å²) in [6.07, 6.45) is -4.64. The lowest BCUT2D eigenvalue weighted by atomic mass is 9.74. The van der Waals surface area contributed by atoms with Crippen LogP contribution in [0, 0.1) is 5.41 Å². The molecule has 0 unspecified atom stereocenters. The Labute approximate surface area is 125 Å². The monoisotopic (exact) mass is 315 g/mol. The second kappa shape index (κ2) is 5.98. The van der Waals surface area contributed by atoms with Crippen LogP contribution in [0.5, 0.6) is 0 Å². The standard InChI is InChI=1S/C15H16F3NO3/c16-15(17,18)12(20)19-8-6-14(7-9-19,13(21)22)10-11-4-2-1-3-5-11/h1-5H,6-10H2,(H,21,22). The van der Waals surface area contributed by atoms with Crippen LogP contribution in [-0.2, 0) is 16.0 Å². The number of hydrogen-bond acceptors (Lipinski definition) is 2. The second-order valence-electron chi connectivity index (χ2n) is 5.54. The van der Waals surface area contributed by atoms with Crippen molar-refractivity contribution in [3.8, 4) is 0 Å². The predicted molar refractivity (Wildman–Crippen MR) is 72.1 cm³/mol. The Bertz CT molecular complexity index is 549. The van der Waals surface area contributed by atoms with Crippen molar-refractivity contribution in [2.24, 2.45) is 5.41 Å². The number of aliphatic carboxylic acids is 1. The van der Waals surface area contributed by atoms with Gasteiger partial charge in [0.2, 0.25) is 0 Å².